The van der Waals surface area contributed by atoms with Gasteiger partial charge in [0.15, 0.2) is 0 Å². The maximum atomic E-state index is 10.2. The molecule has 0 bridgehead atoms. The Morgan fingerprint density at radius 2 is 2.50 bits per heavy atom. The van der Waals surface area contributed by atoms with Gasteiger partial charge in [0.1, 0.15) is 0 Å². The molecule has 0 saturated carbocycles. The second-order valence-corrected chi connectivity index (χ2v) is 4.40. The number of carboxylic acid groups (broad SMARTS) is 1. The number of hydrogen-bond acceptors (Lipinski definition) is 3. The predicted octanol–water partition coefficient (Wildman–Crippen LogP) is 1.37. The summed E-state index contributed by atoms with van der Waals surface area (Å²) in [5.74, 6) is 0.354. The summed E-state index contributed by atoms with van der Waals surface area (Å²) >= 11 is 1.89. The molecule has 12 heavy (non-hydrogen) atoms. The third kappa shape index (κ3) is 3.03. The Kier molecular flexibility index (Phi) is 3.88. The zero-order valence-corrected chi connectivity index (χ0v) is 7.97. The normalized spacial score (nSPS) is 29.1. The molecule has 1 rings (SSSR count). The molecule has 1 heterocycles. The van der Waals surface area contributed by atoms with Crippen LogP contribution in [-0.4, -0.2) is 34.8 Å². The molecule has 1 fully saturated rings. The fourth-order valence-electron chi connectivity index (χ4n) is 1.23. The van der Waals surface area contributed by atoms with Crippen molar-refractivity contribution in [1.29, 1.82) is 0 Å². The largest absolute Gasteiger partial charge is 0.481 e. The van der Waals surface area contributed by atoms with E-state index in [4.69, 9.17) is 9.84 Å². The first-order valence-electron chi connectivity index (χ1n) is 4.15. The smallest absolute Gasteiger partial charge is 0.305 e. The lowest BCUT2D eigenvalue weighted by Crippen LogP contribution is -2.20. The molecular formula is C8H14O3S. The SMILES string of the molecule is CC1SCCC1OCCC(=O)O. The van der Waals surface area contributed by atoms with Gasteiger partial charge in [-0.15, -0.1) is 0 Å². The Morgan fingerprint density at radius 3 is 3.00 bits per heavy atom. The van der Waals surface area contributed by atoms with E-state index in [2.05, 4.69) is 6.92 Å². The van der Waals surface area contributed by atoms with Crippen LogP contribution in [0.15, 0.2) is 0 Å². The van der Waals surface area contributed by atoms with Gasteiger partial charge < -0.3 is 9.84 Å². The van der Waals surface area contributed by atoms with Crippen molar-refractivity contribution in [1.82, 2.24) is 0 Å². The van der Waals surface area contributed by atoms with Gasteiger partial charge in [0, 0.05) is 5.25 Å². The van der Waals surface area contributed by atoms with Crippen LogP contribution in [0.4, 0.5) is 0 Å². The summed E-state index contributed by atoms with van der Waals surface area (Å²) in [5, 5.41) is 8.89. The van der Waals surface area contributed by atoms with Crippen molar-refractivity contribution < 1.29 is 14.6 Å². The van der Waals surface area contributed by atoms with Gasteiger partial charge in [0.05, 0.1) is 19.1 Å². The number of hydrogen-bond donors (Lipinski definition) is 1. The van der Waals surface area contributed by atoms with Crippen molar-refractivity contribution in [2.45, 2.75) is 31.1 Å². The zero-order chi connectivity index (χ0) is 8.97. The van der Waals surface area contributed by atoms with Crippen LogP contribution in [-0.2, 0) is 9.53 Å². The van der Waals surface area contributed by atoms with E-state index in [1.54, 1.807) is 0 Å². The molecule has 70 valence electrons. The van der Waals surface area contributed by atoms with E-state index in [1.807, 2.05) is 11.8 Å². The predicted molar refractivity (Wildman–Crippen MR) is 48.5 cm³/mol. The van der Waals surface area contributed by atoms with E-state index < -0.39 is 5.97 Å². The minimum atomic E-state index is -0.784. The maximum Gasteiger partial charge on any atom is 0.305 e. The third-order valence-corrected chi connectivity index (χ3v) is 3.26. The molecule has 0 amide bonds. The van der Waals surface area contributed by atoms with Crippen molar-refractivity contribution in [2.24, 2.45) is 0 Å². The first kappa shape index (κ1) is 9.86. The Balaban J connectivity index is 2.10. The summed E-state index contributed by atoms with van der Waals surface area (Å²) in [6, 6.07) is 0. The molecule has 0 aliphatic carbocycles. The van der Waals surface area contributed by atoms with Gasteiger partial charge in [-0.1, -0.05) is 6.92 Å². The lowest BCUT2D eigenvalue weighted by atomic mass is 10.2. The average Bonchev–Trinajstić information content (AvgIpc) is 2.36. The number of carboxylic acids is 1. The summed E-state index contributed by atoms with van der Waals surface area (Å²) in [5.41, 5.74) is 0. The summed E-state index contributed by atoms with van der Waals surface area (Å²) < 4.78 is 5.42. The van der Waals surface area contributed by atoms with Gasteiger partial charge >= 0.3 is 5.97 Å². The number of thioether (sulfide) groups is 1. The highest BCUT2D eigenvalue weighted by Gasteiger charge is 2.24. The van der Waals surface area contributed by atoms with Gasteiger partial charge in [-0.2, -0.15) is 11.8 Å². The van der Waals surface area contributed by atoms with Crippen LogP contribution in [0.25, 0.3) is 0 Å². The highest BCUT2D eigenvalue weighted by atomic mass is 32.2. The van der Waals surface area contributed by atoms with Crippen LogP contribution in [0.2, 0.25) is 0 Å². The van der Waals surface area contributed by atoms with Gasteiger partial charge in [-0.05, 0) is 12.2 Å². The van der Waals surface area contributed by atoms with E-state index in [1.165, 1.54) is 0 Å². The molecule has 1 saturated heterocycles. The van der Waals surface area contributed by atoms with Crippen molar-refractivity contribution >= 4 is 17.7 Å². The van der Waals surface area contributed by atoms with Gasteiger partial charge in [-0.3, -0.25) is 4.79 Å². The minimum Gasteiger partial charge on any atom is -0.481 e. The van der Waals surface area contributed by atoms with Crippen molar-refractivity contribution in [3.8, 4) is 0 Å². The fourth-order valence-corrected chi connectivity index (χ4v) is 2.40. The van der Waals surface area contributed by atoms with Crippen molar-refractivity contribution in [2.75, 3.05) is 12.4 Å². The fraction of sp³-hybridized carbons (Fsp3) is 0.875. The summed E-state index contributed by atoms with van der Waals surface area (Å²) in [7, 11) is 0. The molecule has 1 aliphatic heterocycles. The first-order valence-corrected chi connectivity index (χ1v) is 5.20. The zero-order valence-electron chi connectivity index (χ0n) is 7.16. The molecule has 3 nitrogen and oxygen atoms in total. The molecule has 0 aromatic rings. The van der Waals surface area contributed by atoms with Crippen LogP contribution >= 0.6 is 11.8 Å². The molecule has 1 N–H and O–H groups in total. The van der Waals surface area contributed by atoms with Gasteiger partial charge in [0.25, 0.3) is 0 Å². The first-order chi connectivity index (χ1) is 5.70. The highest BCUT2D eigenvalue weighted by molar-refractivity contribution is 8.00. The summed E-state index contributed by atoms with van der Waals surface area (Å²) in [6.07, 6.45) is 1.45. The van der Waals surface area contributed by atoms with Crippen LogP contribution in [0.5, 0.6) is 0 Å². The molecule has 0 aromatic carbocycles. The van der Waals surface area contributed by atoms with E-state index >= 15 is 0 Å². The van der Waals surface area contributed by atoms with Crippen LogP contribution in [0, 0.1) is 0 Å². The molecule has 0 radical (unpaired) electrons. The Labute approximate surface area is 76.5 Å². The molecule has 0 spiro atoms. The number of carbonyl (C=O) groups is 1. The van der Waals surface area contributed by atoms with Gasteiger partial charge in [0.2, 0.25) is 0 Å². The number of aliphatic carboxylic acids is 1. The minimum absolute atomic E-state index is 0.119. The van der Waals surface area contributed by atoms with Crippen molar-refractivity contribution in [3.63, 3.8) is 0 Å². The highest BCUT2D eigenvalue weighted by Crippen LogP contribution is 2.28. The van der Waals surface area contributed by atoms with E-state index in [0.29, 0.717) is 11.9 Å². The third-order valence-electron chi connectivity index (χ3n) is 1.95. The Bertz CT molecular complexity index is 160. The monoisotopic (exact) mass is 190 g/mol. The molecule has 2 atom stereocenters. The van der Waals surface area contributed by atoms with E-state index in [-0.39, 0.29) is 12.5 Å². The lowest BCUT2D eigenvalue weighted by Gasteiger charge is -2.14. The van der Waals surface area contributed by atoms with Gasteiger partial charge in [-0.25, -0.2) is 0 Å². The standard InChI is InChI=1S/C8H14O3S/c1-6-7(3-5-12-6)11-4-2-8(9)10/h6-7H,2-5H2,1H3,(H,9,10). The topological polar surface area (TPSA) is 46.5 Å². The Hall–Kier alpha value is -0.220. The second-order valence-electron chi connectivity index (χ2n) is 2.92. The lowest BCUT2D eigenvalue weighted by molar-refractivity contribution is -0.138. The molecule has 1 aliphatic rings. The number of ether oxygens (including phenoxy) is 1. The quantitative estimate of drug-likeness (QED) is 0.727. The average molecular weight is 190 g/mol. The summed E-state index contributed by atoms with van der Waals surface area (Å²) in [4.78, 5) is 10.2. The number of rotatable bonds is 4. The van der Waals surface area contributed by atoms with Crippen LogP contribution in [0.1, 0.15) is 19.8 Å². The van der Waals surface area contributed by atoms with E-state index in [9.17, 15) is 4.79 Å². The molecule has 2 unspecified atom stereocenters. The van der Waals surface area contributed by atoms with E-state index in [0.717, 1.165) is 12.2 Å². The molecular weight excluding hydrogens is 176 g/mol. The molecule has 0 aromatic heterocycles. The second kappa shape index (κ2) is 4.72. The van der Waals surface area contributed by atoms with Crippen LogP contribution in [0.3, 0.4) is 0 Å². The molecule has 4 heteroatoms. The summed E-state index contributed by atoms with van der Waals surface area (Å²) in [6.45, 7) is 2.48. The van der Waals surface area contributed by atoms with Crippen molar-refractivity contribution in [3.05, 3.63) is 0 Å². The van der Waals surface area contributed by atoms with Crippen LogP contribution < -0.4 is 0 Å². The maximum absolute atomic E-state index is 10.2. The Morgan fingerprint density at radius 1 is 1.75 bits per heavy atom.